The molecule has 1 amide bonds. The minimum Gasteiger partial charge on any atom is -0.336 e. The molecule has 2 aromatic rings. The second-order valence-corrected chi connectivity index (χ2v) is 5.13. The van der Waals surface area contributed by atoms with Crippen molar-refractivity contribution in [3.63, 3.8) is 0 Å². The van der Waals surface area contributed by atoms with E-state index in [2.05, 4.69) is 17.2 Å². The maximum atomic E-state index is 12.5. The standard InChI is InChI=1S/C15H18N4O/c1-12-10-18(8-6-17-12)15(20)13-3-2-4-14(9-13)19-7-5-16-11-19/h2-5,7,9,11-12,17H,6,8,10H2,1H3. The van der Waals surface area contributed by atoms with Crippen molar-refractivity contribution in [1.29, 1.82) is 0 Å². The molecule has 1 saturated heterocycles. The normalized spacial score (nSPS) is 19.1. The average molecular weight is 270 g/mol. The zero-order valence-corrected chi connectivity index (χ0v) is 11.5. The van der Waals surface area contributed by atoms with Gasteiger partial charge < -0.3 is 14.8 Å². The molecule has 0 bridgehead atoms. The van der Waals surface area contributed by atoms with Crippen LogP contribution in [0.3, 0.4) is 0 Å². The molecule has 1 aliphatic rings. The maximum absolute atomic E-state index is 12.5. The minimum absolute atomic E-state index is 0.0975. The highest BCUT2D eigenvalue weighted by molar-refractivity contribution is 5.94. The van der Waals surface area contributed by atoms with Crippen LogP contribution in [0.1, 0.15) is 17.3 Å². The molecule has 1 unspecified atom stereocenters. The molecule has 104 valence electrons. The van der Waals surface area contributed by atoms with E-state index in [0.29, 0.717) is 6.04 Å². The van der Waals surface area contributed by atoms with Gasteiger partial charge in [-0.2, -0.15) is 0 Å². The summed E-state index contributed by atoms with van der Waals surface area (Å²) in [5.41, 5.74) is 1.68. The Labute approximate surface area is 118 Å². The molecule has 0 aliphatic carbocycles. The number of nitrogens with zero attached hydrogens (tertiary/aromatic N) is 3. The van der Waals surface area contributed by atoms with Gasteiger partial charge in [-0.1, -0.05) is 6.07 Å². The van der Waals surface area contributed by atoms with Gasteiger partial charge in [-0.15, -0.1) is 0 Å². The van der Waals surface area contributed by atoms with Crippen molar-refractivity contribution in [1.82, 2.24) is 19.8 Å². The predicted octanol–water partition coefficient (Wildman–Crippen LogP) is 1.31. The number of rotatable bonds is 2. The van der Waals surface area contributed by atoms with Crippen LogP contribution in [0, 0.1) is 0 Å². The van der Waals surface area contributed by atoms with E-state index < -0.39 is 0 Å². The predicted molar refractivity (Wildman–Crippen MR) is 76.9 cm³/mol. The number of amides is 1. The second-order valence-electron chi connectivity index (χ2n) is 5.13. The topological polar surface area (TPSA) is 50.2 Å². The average Bonchev–Trinajstić information content (AvgIpc) is 3.01. The lowest BCUT2D eigenvalue weighted by atomic mass is 10.1. The van der Waals surface area contributed by atoms with Gasteiger partial charge in [0.15, 0.2) is 0 Å². The van der Waals surface area contributed by atoms with Crippen LogP contribution < -0.4 is 5.32 Å². The highest BCUT2D eigenvalue weighted by atomic mass is 16.2. The van der Waals surface area contributed by atoms with E-state index in [1.54, 1.807) is 12.5 Å². The Bertz CT molecular complexity index is 594. The number of aromatic nitrogens is 2. The number of hydrogen-bond donors (Lipinski definition) is 1. The molecule has 3 rings (SSSR count). The van der Waals surface area contributed by atoms with Crippen LogP contribution in [0.2, 0.25) is 0 Å². The molecule has 1 fully saturated rings. The second kappa shape index (κ2) is 5.46. The molecule has 5 heteroatoms. The lowest BCUT2D eigenvalue weighted by Crippen LogP contribution is -2.51. The molecule has 1 N–H and O–H groups in total. The highest BCUT2D eigenvalue weighted by Gasteiger charge is 2.21. The Morgan fingerprint density at radius 1 is 1.45 bits per heavy atom. The number of carbonyl (C=O) groups excluding carboxylic acids is 1. The lowest BCUT2D eigenvalue weighted by Gasteiger charge is -2.32. The molecule has 1 aromatic heterocycles. The van der Waals surface area contributed by atoms with E-state index in [0.717, 1.165) is 30.9 Å². The van der Waals surface area contributed by atoms with Crippen molar-refractivity contribution < 1.29 is 4.79 Å². The van der Waals surface area contributed by atoms with Gasteiger partial charge in [0, 0.05) is 49.3 Å². The molecule has 1 aromatic carbocycles. The molecule has 20 heavy (non-hydrogen) atoms. The molecule has 1 atom stereocenters. The van der Waals surface area contributed by atoms with Crippen LogP contribution in [-0.4, -0.2) is 46.0 Å². The molecule has 0 radical (unpaired) electrons. The van der Waals surface area contributed by atoms with Gasteiger partial charge >= 0.3 is 0 Å². The first kappa shape index (κ1) is 12.9. The quantitative estimate of drug-likeness (QED) is 0.895. The Kier molecular flexibility index (Phi) is 3.52. The first-order chi connectivity index (χ1) is 9.74. The summed E-state index contributed by atoms with van der Waals surface area (Å²) in [5.74, 6) is 0.0975. The summed E-state index contributed by atoms with van der Waals surface area (Å²) in [5, 5.41) is 3.35. The van der Waals surface area contributed by atoms with E-state index >= 15 is 0 Å². The number of imidazole rings is 1. The van der Waals surface area contributed by atoms with Gasteiger partial charge in [0.05, 0.1) is 6.33 Å². The number of hydrogen-bond acceptors (Lipinski definition) is 3. The lowest BCUT2D eigenvalue weighted by molar-refractivity contribution is 0.0709. The summed E-state index contributed by atoms with van der Waals surface area (Å²) >= 11 is 0. The van der Waals surface area contributed by atoms with Crippen molar-refractivity contribution in [2.75, 3.05) is 19.6 Å². The Morgan fingerprint density at radius 2 is 2.35 bits per heavy atom. The van der Waals surface area contributed by atoms with Crippen LogP contribution in [-0.2, 0) is 0 Å². The molecular weight excluding hydrogens is 252 g/mol. The van der Waals surface area contributed by atoms with Gasteiger partial charge in [0.25, 0.3) is 5.91 Å². The van der Waals surface area contributed by atoms with Gasteiger partial charge in [-0.3, -0.25) is 4.79 Å². The molecule has 0 spiro atoms. The van der Waals surface area contributed by atoms with E-state index in [4.69, 9.17) is 0 Å². The third-order valence-electron chi connectivity index (χ3n) is 3.55. The molecule has 1 aliphatic heterocycles. The fourth-order valence-electron chi connectivity index (χ4n) is 2.51. The summed E-state index contributed by atoms with van der Waals surface area (Å²) in [6, 6.07) is 8.02. The molecule has 0 saturated carbocycles. The van der Waals surface area contributed by atoms with Crippen molar-refractivity contribution in [2.45, 2.75) is 13.0 Å². The van der Waals surface area contributed by atoms with Crippen LogP contribution in [0.5, 0.6) is 0 Å². The summed E-state index contributed by atoms with van der Waals surface area (Å²) in [6.07, 6.45) is 5.33. The van der Waals surface area contributed by atoms with Crippen molar-refractivity contribution >= 4 is 5.91 Å². The largest absolute Gasteiger partial charge is 0.336 e. The van der Waals surface area contributed by atoms with Gasteiger partial charge in [0.1, 0.15) is 0 Å². The summed E-state index contributed by atoms with van der Waals surface area (Å²) in [7, 11) is 0. The van der Waals surface area contributed by atoms with Crippen LogP contribution in [0.15, 0.2) is 43.0 Å². The fourth-order valence-corrected chi connectivity index (χ4v) is 2.51. The van der Waals surface area contributed by atoms with E-state index in [-0.39, 0.29) is 5.91 Å². The van der Waals surface area contributed by atoms with Crippen LogP contribution in [0.25, 0.3) is 5.69 Å². The third kappa shape index (κ3) is 2.58. The first-order valence-corrected chi connectivity index (χ1v) is 6.85. The van der Waals surface area contributed by atoms with Crippen LogP contribution >= 0.6 is 0 Å². The number of benzene rings is 1. The van der Waals surface area contributed by atoms with Crippen molar-refractivity contribution in [3.8, 4) is 5.69 Å². The van der Waals surface area contributed by atoms with E-state index in [9.17, 15) is 4.79 Å². The van der Waals surface area contributed by atoms with E-state index in [1.165, 1.54) is 0 Å². The number of carbonyl (C=O) groups is 1. The minimum atomic E-state index is 0.0975. The van der Waals surface area contributed by atoms with Gasteiger partial charge in [-0.05, 0) is 25.1 Å². The summed E-state index contributed by atoms with van der Waals surface area (Å²) in [6.45, 7) is 4.47. The van der Waals surface area contributed by atoms with E-state index in [1.807, 2.05) is 39.9 Å². The highest BCUT2D eigenvalue weighted by Crippen LogP contribution is 2.13. The third-order valence-corrected chi connectivity index (χ3v) is 3.55. The molecule has 5 nitrogen and oxygen atoms in total. The monoisotopic (exact) mass is 270 g/mol. The fraction of sp³-hybridized carbons (Fsp3) is 0.333. The van der Waals surface area contributed by atoms with Gasteiger partial charge in [-0.25, -0.2) is 4.98 Å². The SMILES string of the molecule is CC1CN(C(=O)c2cccc(-n3ccnc3)c2)CCN1. The first-order valence-electron chi connectivity index (χ1n) is 6.85. The zero-order chi connectivity index (χ0) is 13.9. The smallest absolute Gasteiger partial charge is 0.254 e. The number of nitrogens with one attached hydrogen (secondary N) is 1. The Balaban J connectivity index is 1.83. The van der Waals surface area contributed by atoms with Crippen LogP contribution in [0.4, 0.5) is 0 Å². The van der Waals surface area contributed by atoms with Crippen molar-refractivity contribution in [3.05, 3.63) is 48.5 Å². The van der Waals surface area contributed by atoms with Gasteiger partial charge in [0.2, 0.25) is 0 Å². The Morgan fingerprint density at radius 3 is 3.10 bits per heavy atom. The molecular formula is C15H18N4O. The maximum Gasteiger partial charge on any atom is 0.254 e. The number of piperazine rings is 1. The Hall–Kier alpha value is -2.14. The zero-order valence-electron chi connectivity index (χ0n) is 11.5. The summed E-state index contributed by atoms with van der Waals surface area (Å²) < 4.78 is 1.90. The van der Waals surface area contributed by atoms with Crippen molar-refractivity contribution in [2.24, 2.45) is 0 Å². The molecule has 2 heterocycles. The summed E-state index contributed by atoms with van der Waals surface area (Å²) in [4.78, 5) is 18.5.